The van der Waals surface area contributed by atoms with Crippen LogP contribution >= 0.6 is 11.3 Å². The van der Waals surface area contributed by atoms with Crippen LogP contribution in [0, 0.1) is 0 Å². The molecule has 0 unspecified atom stereocenters. The highest BCUT2D eigenvalue weighted by Gasteiger charge is 2.22. The third-order valence-electron chi connectivity index (χ3n) is 4.80. The normalized spacial score (nSPS) is 14.9. The first-order valence-corrected chi connectivity index (χ1v) is 9.90. The Balaban J connectivity index is 1.43. The Morgan fingerprint density at radius 1 is 1.15 bits per heavy atom. The van der Waals surface area contributed by atoms with Gasteiger partial charge in [0.25, 0.3) is 5.91 Å². The molecule has 1 aromatic carbocycles. The molecule has 0 atom stereocenters. The molecular formula is C20H22N4O2S. The maximum absolute atomic E-state index is 12.6. The van der Waals surface area contributed by atoms with Crippen LogP contribution in [0.4, 0.5) is 5.82 Å². The molecule has 0 radical (unpaired) electrons. The minimum atomic E-state index is 0.132. The molecular weight excluding hydrogens is 360 g/mol. The third kappa shape index (κ3) is 3.83. The number of hydrogen-bond acceptors (Lipinski definition) is 5. The number of ether oxygens (including phenoxy) is 1. The minimum Gasteiger partial charge on any atom is -0.497 e. The number of anilines is 1. The summed E-state index contributed by atoms with van der Waals surface area (Å²) in [5, 5.41) is 9.56. The molecule has 1 saturated heterocycles. The van der Waals surface area contributed by atoms with Gasteiger partial charge in [-0.1, -0.05) is 6.07 Å². The first-order valence-electron chi connectivity index (χ1n) is 9.02. The van der Waals surface area contributed by atoms with E-state index in [1.54, 1.807) is 7.11 Å². The average molecular weight is 382 g/mol. The summed E-state index contributed by atoms with van der Waals surface area (Å²) in [6.45, 7) is 3.16. The van der Waals surface area contributed by atoms with E-state index in [4.69, 9.17) is 4.74 Å². The molecule has 0 aliphatic carbocycles. The smallest absolute Gasteiger partial charge is 0.263 e. The summed E-state index contributed by atoms with van der Waals surface area (Å²) >= 11 is 1.50. The molecule has 1 amide bonds. The van der Waals surface area contributed by atoms with Crippen molar-refractivity contribution in [2.75, 3.05) is 38.2 Å². The average Bonchev–Trinajstić information content (AvgIpc) is 3.36. The Morgan fingerprint density at radius 2 is 2.00 bits per heavy atom. The SMILES string of the molecule is COc1ccc(-c2cc(N3CCCN(C(=O)c4cccs4)CC3)n[nH]2)cc1. The Labute approximate surface area is 162 Å². The van der Waals surface area contributed by atoms with E-state index in [9.17, 15) is 4.79 Å². The van der Waals surface area contributed by atoms with E-state index in [1.165, 1.54) is 11.3 Å². The molecule has 7 heteroatoms. The lowest BCUT2D eigenvalue weighted by atomic mass is 10.1. The number of carbonyl (C=O) groups is 1. The highest BCUT2D eigenvalue weighted by atomic mass is 32.1. The summed E-state index contributed by atoms with van der Waals surface area (Å²) in [5.74, 6) is 1.89. The number of H-pyrrole nitrogens is 1. The molecule has 27 heavy (non-hydrogen) atoms. The van der Waals surface area contributed by atoms with Crippen molar-refractivity contribution < 1.29 is 9.53 Å². The molecule has 1 aliphatic heterocycles. The van der Waals surface area contributed by atoms with Crippen LogP contribution in [-0.2, 0) is 0 Å². The molecule has 1 fully saturated rings. The number of aromatic nitrogens is 2. The third-order valence-corrected chi connectivity index (χ3v) is 5.66. The standard InChI is InChI=1S/C20H22N4O2S/c1-26-16-7-5-15(6-8-16)17-14-19(22-21-17)23-9-3-10-24(12-11-23)20(25)18-4-2-13-27-18/h2,4-8,13-14H,3,9-12H2,1H3,(H,21,22). The summed E-state index contributed by atoms with van der Waals surface area (Å²) in [4.78, 5) is 17.6. The van der Waals surface area contributed by atoms with E-state index in [0.717, 1.165) is 53.8 Å². The monoisotopic (exact) mass is 382 g/mol. The number of nitrogens with one attached hydrogen (secondary N) is 1. The van der Waals surface area contributed by atoms with Crippen molar-refractivity contribution in [1.82, 2.24) is 15.1 Å². The van der Waals surface area contributed by atoms with Crippen LogP contribution in [-0.4, -0.2) is 54.3 Å². The van der Waals surface area contributed by atoms with Crippen LogP contribution < -0.4 is 9.64 Å². The number of carbonyl (C=O) groups excluding carboxylic acids is 1. The number of benzene rings is 1. The summed E-state index contributed by atoms with van der Waals surface area (Å²) in [7, 11) is 1.66. The first kappa shape index (κ1) is 17.6. The van der Waals surface area contributed by atoms with Gasteiger partial charge < -0.3 is 14.5 Å². The van der Waals surface area contributed by atoms with Crippen LogP contribution in [0.15, 0.2) is 47.8 Å². The van der Waals surface area contributed by atoms with Crippen LogP contribution in [0.3, 0.4) is 0 Å². The summed E-state index contributed by atoms with van der Waals surface area (Å²) in [5.41, 5.74) is 2.04. The zero-order chi connectivity index (χ0) is 18.6. The maximum atomic E-state index is 12.6. The van der Waals surface area contributed by atoms with E-state index < -0.39 is 0 Å². The van der Waals surface area contributed by atoms with Crippen LogP contribution in [0.25, 0.3) is 11.3 Å². The molecule has 3 heterocycles. The molecule has 0 spiro atoms. The number of aromatic amines is 1. The predicted molar refractivity (Wildman–Crippen MR) is 108 cm³/mol. The Morgan fingerprint density at radius 3 is 2.74 bits per heavy atom. The number of hydrogen-bond donors (Lipinski definition) is 1. The summed E-state index contributed by atoms with van der Waals surface area (Å²) in [6, 6.07) is 13.8. The van der Waals surface area contributed by atoms with E-state index in [-0.39, 0.29) is 5.91 Å². The zero-order valence-corrected chi connectivity index (χ0v) is 16.0. The number of methoxy groups -OCH3 is 1. The number of thiophene rings is 1. The van der Waals surface area contributed by atoms with Gasteiger partial charge >= 0.3 is 0 Å². The van der Waals surface area contributed by atoms with Crippen molar-refractivity contribution >= 4 is 23.1 Å². The van der Waals surface area contributed by atoms with Gasteiger partial charge in [0.2, 0.25) is 0 Å². The van der Waals surface area contributed by atoms with Crippen LogP contribution in [0.5, 0.6) is 5.75 Å². The highest BCUT2D eigenvalue weighted by Crippen LogP contribution is 2.25. The predicted octanol–water partition coefficient (Wildman–Crippen LogP) is 3.50. The maximum Gasteiger partial charge on any atom is 0.263 e. The lowest BCUT2D eigenvalue weighted by Crippen LogP contribution is -2.34. The second kappa shape index (κ2) is 7.84. The molecule has 6 nitrogen and oxygen atoms in total. The second-order valence-corrected chi connectivity index (χ2v) is 7.43. The fraction of sp³-hybridized carbons (Fsp3) is 0.300. The molecule has 0 saturated carbocycles. The summed E-state index contributed by atoms with van der Waals surface area (Å²) in [6.07, 6.45) is 0.932. The van der Waals surface area contributed by atoms with Gasteiger partial charge in [-0.15, -0.1) is 11.3 Å². The van der Waals surface area contributed by atoms with Crippen LogP contribution in [0.2, 0.25) is 0 Å². The topological polar surface area (TPSA) is 61.5 Å². The van der Waals surface area contributed by atoms with E-state index in [1.807, 2.05) is 46.7 Å². The van der Waals surface area contributed by atoms with Crippen molar-refractivity contribution in [3.8, 4) is 17.0 Å². The first-order chi connectivity index (χ1) is 13.2. The largest absolute Gasteiger partial charge is 0.497 e. The lowest BCUT2D eigenvalue weighted by Gasteiger charge is -2.21. The number of nitrogens with zero attached hydrogens (tertiary/aromatic N) is 3. The van der Waals surface area contributed by atoms with Crippen molar-refractivity contribution in [2.24, 2.45) is 0 Å². The molecule has 0 bridgehead atoms. The molecule has 140 valence electrons. The van der Waals surface area contributed by atoms with Gasteiger partial charge in [0, 0.05) is 32.2 Å². The van der Waals surface area contributed by atoms with Gasteiger partial charge in [0.1, 0.15) is 5.75 Å². The van der Waals surface area contributed by atoms with Crippen molar-refractivity contribution in [3.63, 3.8) is 0 Å². The zero-order valence-electron chi connectivity index (χ0n) is 15.2. The van der Waals surface area contributed by atoms with E-state index >= 15 is 0 Å². The van der Waals surface area contributed by atoms with Gasteiger partial charge in [0.15, 0.2) is 5.82 Å². The molecule has 4 rings (SSSR count). The van der Waals surface area contributed by atoms with Crippen molar-refractivity contribution in [2.45, 2.75) is 6.42 Å². The van der Waals surface area contributed by atoms with Crippen molar-refractivity contribution in [1.29, 1.82) is 0 Å². The van der Waals surface area contributed by atoms with Gasteiger partial charge in [-0.3, -0.25) is 9.89 Å². The number of amides is 1. The van der Waals surface area contributed by atoms with Gasteiger partial charge in [0.05, 0.1) is 17.7 Å². The second-order valence-electron chi connectivity index (χ2n) is 6.48. The highest BCUT2D eigenvalue weighted by molar-refractivity contribution is 7.12. The Hall–Kier alpha value is -2.80. The Bertz CT molecular complexity index is 889. The molecule has 1 aliphatic rings. The summed E-state index contributed by atoms with van der Waals surface area (Å²) < 4.78 is 5.21. The molecule has 3 aromatic rings. The minimum absolute atomic E-state index is 0.132. The lowest BCUT2D eigenvalue weighted by molar-refractivity contribution is 0.0772. The van der Waals surface area contributed by atoms with Gasteiger partial charge in [-0.05, 0) is 47.7 Å². The van der Waals surface area contributed by atoms with Crippen molar-refractivity contribution in [3.05, 3.63) is 52.7 Å². The van der Waals surface area contributed by atoms with Gasteiger partial charge in [-0.2, -0.15) is 5.10 Å². The Kier molecular flexibility index (Phi) is 5.11. The van der Waals surface area contributed by atoms with E-state index in [2.05, 4.69) is 21.2 Å². The van der Waals surface area contributed by atoms with E-state index in [0.29, 0.717) is 6.54 Å². The fourth-order valence-corrected chi connectivity index (χ4v) is 3.99. The number of rotatable bonds is 4. The fourth-order valence-electron chi connectivity index (χ4n) is 3.30. The quantitative estimate of drug-likeness (QED) is 0.750. The molecule has 2 aromatic heterocycles. The van der Waals surface area contributed by atoms with Gasteiger partial charge in [-0.25, -0.2) is 0 Å². The molecule has 1 N–H and O–H groups in total. The van der Waals surface area contributed by atoms with Crippen LogP contribution in [0.1, 0.15) is 16.1 Å².